The summed E-state index contributed by atoms with van der Waals surface area (Å²) in [6.45, 7) is 3.86. The van der Waals surface area contributed by atoms with E-state index in [0.717, 1.165) is 53.7 Å². The number of carbonyl (C=O) groups excluding carboxylic acids is 1. The van der Waals surface area contributed by atoms with Gasteiger partial charge >= 0.3 is 0 Å². The van der Waals surface area contributed by atoms with E-state index in [4.69, 9.17) is 15.2 Å². The quantitative estimate of drug-likeness (QED) is 0.891. The Morgan fingerprint density at radius 1 is 1.42 bits per heavy atom. The molecular formula is C19H23N3O3S. The molecule has 2 unspecified atom stereocenters. The van der Waals surface area contributed by atoms with Gasteiger partial charge in [-0.3, -0.25) is 4.79 Å². The van der Waals surface area contributed by atoms with Crippen LogP contribution in [0.25, 0.3) is 10.6 Å². The fourth-order valence-corrected chi connectivity index (χ4v) is 4.30. The van der Waals surface area contributed by atoms with Crippen molar-refractivity contribution in [3.63, 3.8) is 0 Å². The summed E-state index contributed by atoms with van der Waals surface area (Å²) in [6.07, 6.45) is 2.47. The second kappa shape index (κ2) is 7.25. The summed E-state index contributed by atoms with van der Waals surface area (Å²) in [7, 11) is 0. The predicted molar refractivity (Wildman–Crippen MR) is 100 cm³/mol. The van der Waals surface area contributed by atoms with Gasteiger partial charge < -0.3 is 20.1 Å². The molecule has 1 aromatic heterocycles. The first-order valence-electron chi connectivity index (χ1n) is 8.98. The van der Waals surface area contributed by atoms with Crippen LogP contribution in [-0.2, 0) is 11.2 Å². The van der Waals surface area contributed by atoms with E-state index in [1.807, 2.05) is 35.4 Å². The van der Waals surface area contributed by atoms with Crippen LogP contribution >= 0.6 is 11.3 Å². The normalized spacial score (nSPS) is 20.2. The lowest BCUT2D eigenvalue weighted by molar-refractivity contribution is -0.132. The molecule has 0 radical (unpaired) electrons. The molecule has 1 amide bonds. The molecule has 6 nitrogen and oxygen atoms in total. The average Bonchev–Trinajstić information content (AvgIpc) is 3.30. The molecule has 0 spiro atoms. The van der Waals surface area contributed by atoms with Crippen molar-refractivity contribution in [1.29, 1.82) is 0 Å². The van der Waals surface area contributed by atoms with E-state index < -0.39 is 0 Å². The topological polar surface area (TPSA) is 77.7 Å². The number of thiazole rings is 1. The lowest BCUT2D eigenvalue weighted by atomic mass is 9.92. The van der Waals surface area contributed by atoms with Gasteiger partial charge in [-0.1, -0.05) is 0 Å². The van der Waals surface area contributed by atoms with Gasteiger partial charge in [0, 0.05) is 30.1 Å². The minimum Gasteiger partial charge on any atom is -0.454 e. The molecule has 1 aromatic carbocycles. The van der Waals surface area contributed by atoms with Gasteiger partial charge in [-0.15, -0.1) is 11.3 Å². The van der Waals surface area contributed by atoms with Crippen LogP contribution in [0, 0.1) is 5.92 Å². The van der Waals surface area contributed by atoms with E-state index in [0.29, 0.717) is 12.3 Å². The molecule has 2 aliphatic rings. The van der Waals surface area contributed by atoms with Crippen molar-refractivity contribution >= 4 is 17.2 Å². The molecular weight excluding hydrogens is 350 g/mol. The number of rotatable bonds is 4. The van der Waals surface area contributed by atoms with E-state index in [9.17, 15) is 4.79 Å². The molecule has 0 bridgehead atoms. The third-order valence-corrected chi connectivity index (χ3v) is 6.00. The van der Waals surface area contributed by atoms with E-state index in [2.05, 4.69) is 4.98 Å². The van der Waals surface area contributed by atoms with Crippen molar-refractivity contribution in [1.82, 2.24) is 9.88 Å². The molecule has 1 fully saturated rings. The lowest BCUT2D eigenvalue weighted by Gasteiger charge is -2.34. The van der Waals surface area contributed by atoms with Gasteiger partial charge in [-0.05, 0) is 43.9 Å². The van der Waals surface area contributed by atoms with Gasteiger partial charge in [0.1, 0.15) is 5.01 Å². The summed E-state index contributed by atoms with van der Waals surface area (Å²) in [5.41, 5.74) is 7.82. The van der Waals surface area contributed by atoms with Crippen molar-refractivity contribution in [2.24, 2.45) is 11.7 Å². The van der Waals surface area contributed by atoms with Gasteiger partial charge in [-0.2, -0.15) is 0 Å². The molecule has 26 heavy (non-hydrogen) atoms. The van der Waals surface area contributed by atoms with Crippen molar-refractivity contribution in [2.75, 3.05) is 19.9 Å². The summed E-state index contributed by atoms with van der Waals surface area (Å²) in [5, 5.41) is 2.85. The minimum atomic E-state index is 0.127. The first kappa shape index (κ1) is 17.3. The summed E-state index contributed by atoms with van der Waals surface area (Å²) in [4.78, 5) is 19.2. The number of amides is 1. The highest BCUT2D eigenvalue weighted by atomic mass is 32.1. The van der Waals surface area contributed by atoms with Crippen LogP contribution < -0.4 is 15.2 Å². The Kier molecular flexibility index (Phi) is 4.82. The van der Waals surface area contributed by atoms with Crippen molar-refractivity contribution in [3.8, 4) is 22.1 Å². The van der Waals surface area contributed by atoms with E-state index >= 15 is 0 Å². The van der Waals surface area contributed by atoms with Crippen molar-refractivity contribution < 1.29 is 14.3 Å². The Labute approximate surface area is 156 Å². The van der Waals surface area contributed by atoms with Gasteiger partial charge in [-0.25, -0.2) is 4.98 Å². The standard InChI is InChI=1S/C19H23N3O3S/c1-12(20)14-3-2-6-22(9-14)18(23)8-15-10-26-19(21-15)13-4-5-16-17(7-13)25-11-24-16/h4-5,7,10,12,14H,2-3,6,8-9,11,20H2,1H3. The van der Waals surface area contributed by atoms with Gasteiger partial charge in [0.2, 0.25) is 12.7 Å². The first-order chi connectivity index (χ1) is 12.6. The number of hydrogen-bond acceptors (Lipinski definition) is 6. The monoisotopic (exact) mass is 373 g/mol. The average molecular weight is 373 g/mol. The van der Waals surface area contributed by atoms with E-state index in [-0.39, 0.29) is 18.7 Å². The number of fused-ring (bicyclic) bond motifs is 1. The number of ether oxygens (including phenoxy) is 2. The third-order valence-electron chi connectivity index (χ3n) is 5.06. The molecule has 3 heterocycles. The summed E-state index contributed by atoms with van der Waals surface area (Å²) < 4.78 is 10.8. The Morgan fingerprint density at radius 2 is 2.27 bits per heavy atom. The smallest absolute Gasteiger partial charge is 0.231 e. The van der Waals surface area contributed by atoms with Crippen molar-refractivity contribution in [2.45, 2.75) is 32.2 Å². The zero-order valence-electron chi connectivity index (χ0n) is 14.8. The zero-order chi connectivity index (χ0) is 18.1. The van der Waals surface area contributed by atoms with Gasteiger partial charge in [0.25, 0.3) is 0 Å². The fourth-order valence-electron chi connectivity index (χ4n) is 3.48. The van der Waals surface area contributed by atoms with Crippen LogP contribution in [0.4, 0.5) is 0 Å². The number of nitrogens with two attached hydrogens (primary N) is 1. The molecule has 4 rings (SSSR count). The van der Waals surface area contributed by atoms with Gasteiger partial charge in [0.05, 0.1) is 12.1 Å². The number of carbonyl (C=O) groups is 1. The second-order valence-corrected chi connectivity index (χ2v) is 7.85. The van der Waals surface area contributed by atoms with Crippen LogP contribution in [-0.4, -0.2) is 41.7 Å². The molecule has 0 saturated carbocycles. The Bertz CT molecular complexity index is 805. The summed E-state index contributed by atoms with van der Waals surface area (Å²) >= 11 is 1.54. The van der Waals surface area contributed by atoms with Crippen molar-refractivity contribution in [3.05, 3.63) is 29.3 Å². The third kappa shape index (κ3) is 3.54. The molecule has 2 atom stereocenters. The van der Waals surface area contributed by atoms with Crippen LogP contribution in [0.15, 0.2) is 23.6 Å². The Hall–Kier alpha value is -2.12. The summed E-state index contributed by atoms with van der Waals surface area (Å²) in [6, 6.07) is 5.93. The lowest BCUT2D eigenvalue weighted by Crippen LogP contribution is -2.45. The van der Waals surface area contributed by atoms with Crippen LogP contribution in [0.3, 0.4) is 0 Å². The first-order valence-corrected chi connectivity index (χ1v) is 9.86. The Morgan fingerprint density at radius 3 is 3.12 bits per heavy atom. The van der Waals surface area contributed by atoms with Crippen LogP contribution in [0.1, 0.15) is 25.5 Å². The van der Waals surface area contributed by atoms with E-state index in [1.165, 1.54) is 0 Å². The number of nitrogens with zero attached hydrogens (tertiary/aromatic N) is 2. The number of aromatic nitrogens is 1. The number of hydrogen-bond donors (Lipinski definition) is 1. The highest BCUT2D eigenvalue weighted by molar-refractivity contribution is 7.13. The highest BCUT2D eigenvalue weighted by Crippen LogP contribution is 2.36. The second-order valence-electron chi connectivity index (χ2n) is 6.99. The largest absolute Gasteiger partial charge is 0.454 e. The van der Waals surface area contributed by atoms with Gasteiger partial charge in [0.15, 0.2) is 11.5 Å². The fraction of sp³-hybridized carbons (Fsp3) is 0.474. The maximum absolute atomic E-state index is 12.6. The molecule has 2 aliphatic heterocycles. The molecule has 1 saturated heterocycles. The SMILES string of the molecule is CC(N)C1CCCN(C(=O)Cc2csc(-c3ccc4c(c3)OCO4)n2)C1. The molecule has 2 N–H and O–H groups in total. The minimum absolute atomic E-state index is 0.127. The molecule has 2 aromatic rings. The molecule has 7 heteroatoms. The molecule has 138 valence electrons. The number of likely N-dealkylation sites (tertiary alicyclic amines) is 1. The van der Waals surface area contributed by atoms with E-state index in [1.54, 1.807) is 11.3 Å². The zero-order valence-corrected chi connectivity index (χ0v) is 15.6. The highest BCUT2D eigenvalue weighted by Gasteiger charge is 2.26. The molecule has 0 aliphatic carbocycles. The maximum Gasteiger partial charge on any atom is 0.231 e. The maximum atomic E-state index is 12.6. The number of piperidine rings is 1. The Balaban J connectivity index is 1.42. The van der Waals surface area contributed by atoms with Crippen LogP contribution in [0.2, 0.25) is 0 Å². The van der Waals surface area contributed by atoms with Crippen LogP contribution in [0.5, 0.6) is 11.5 Å². The number of benzene rings is 1. The predicted octanol–water partition coefficient (Wildman–Crippen LogP) is 2.67. The summed E-state index contributed by atoms with van der Waals surface area (Å²) in [5.74, 6) is 2.03.